The lowest BCUT2D eigenvalue weighted by Crippen LogP contribution is -2.54. The van der Waals surface area contributed by atoms with Crippen LogP contribution in [0.1, 0.15) is 18.4 Å². The van der Waals surface area contributed by atoms with E-state index in [9.17, 15) is 8.42 Å². The number of carbonyl (C=O) groups is 2. The molecule has 2 fully saturated rings. The van der Waals surface area contributed by atoms with Crippen LogP contribution in [0.4, 0.5) is 0 Å². The van der Waals surface area contributed by atoms with E-state index in [0.717, 1.165) is 45.6 Å². The average Bonchev–Trinajstić information content (AvgIpc) is 2.90. The standard InChI is InChI=1S/C23H31N3O3S.C2H2O4/c1-29-22-7-9-23(10-8-22)30(27,28)26-17-15-25(16-18-26)21-11-13-24(14-12-21)19-20-5-3-2-4-6-20;3-1(4)2(5)6/h2-10,21H,11-19H2,1H3;(H,3,4)(H,5,6). The first-order valence-electron chi connectivity index (χ1n) is 11.8. The molecule has 2 aliphatic heterocycles. The molecule has 0 radical (unpaired) electrons. The molecule has 0 aliphatic carbocycles. The zero-order chi connectivity index (χ0) is 26.1. The summed E-state index contributed by atoms with van der Waals surface area (Å²) < 4.78 is 32.6. The minimum absolute atomic E-state index is 0.339. The summed E-state index contributed by atoms with van der Waals surface area (Å²) in [6.07, 6.45) is 2.30. The summed E-state index contributed by atoms with van der Waals surface area (Å²) >= 11 is 0. The SMILES string of the molecule is COc1ccc(S(=O)(=O)N2CCN(C3CCN(Cc4ccccc4)CC3)CC2)cc1.O=C(O)C(=O)O. The van der Waals surface area contributed by atoms with Crippen LogP contribution >= 0.6 is 0 Å². The second-order valence-electron chi connectivity index (χ2n) is 8.72. The van der Waals surface area contributed by atoms with Gasteiger partial charge in [0, 0.05) is 38.8 Å². The predicted octanol–water partition coefficient (Wildman–Crippen LogP) is 1.82. The van der Waals surface area contributed by atoms with Gasteiger partial charge >= 0.3 is 11.9 Å². The molecule has 0 spiro atoms. The third kappa shape index (κ3) is 7.50. The molecule has 0 saturated carbocycles. The van der Waals surface area contributed by atoms with E-state index in [4.69, 9.17) is 24.5 Å². The molecule has 0 aromatic heterocycles. The zero-order valence-corrected chi connectivity index (χ0v) is 21.1. The van der Waals surface area contributed by atoms with Crippen molar-refractivity contribution in [1.29, 1.82) is 0 Å². The largest absolute Gasteiger partial charge is 0.497 e. The van der Waals surface area contributed by atoms with Crippen molar-refractivity contribution in [2.45, 2.75) is 30.3 Å². The van der Waals surface area contributed by atoms with Gasteiger partial charge in [0.15, 0.2) is 0 Å². The summed E-state index contributed by atoms with van der Waals surface area (Å²) in [5.74, 6) is -2.98. The van der Waals surface area contributed by atoms with E-state index in [1.54, 1.807) is 35.7 Å². The lowest BCUT2D eigenvalue weighted by molar-refractivity contribution is -0.159. The van der Waals surface area contributed by atoms with Gasteiger partial charge in [0.1, 0.15) is 5.75 Å². The normalized spacial score (nSPS) is 18.1. The number of aliphatic carboxylic acids is 2. The molecular formula is C25H33N3O7S. The Kier molecular flexibility index (Phi) is 9.82. The third-order valence-electron chi connectivity index (χ3n) is 6.48. The van der Waals surface area contributed by atoms with Crippen LogP contribution in [0.15, 0.2) is 59.5 Å². The molecule has 2 aromatic carbocycles. The topological polar surface area (TPSA) is 128 Å². The molecule has 36 heavy (non-hydrogen) atoms. The third-order valence-corrected chi connectivity index (χ3v) is 8.39. The number of hydrogen-bond donors (Lipinski definition) is 2. The van der Waals surface area contributed by atoms with Crippen LogP contribution < -0.4 is 4.74 Å². The summed E-state index contributed by atoms with van der Waals surface area (Å²) in [5.41, 5.74) is 1.37. The van der Waals surface area contributed by atoms with Crippen LogP contribution in [0.25, 0.3) is 0 Å². The molecule has 196 valence electrons. The molecule has 0 amide bonds. The number of hydrogen-bond acceptors (Lipinski definition) is 7. The Bertz CT molecular complexity index is 1080. The molecular weight excluding hydrogens is 486 g/mol. The quantitative estimate of drug-likeness (QED) is 0.549. The first kappa shape index (κ1) is 27.6. The minimum Gasteiger partial charge on any atom is -0.497 e. The Morgan fingerprint density at radius 2 is 1.42 bits per heavy atom. The minimum atomic E-state index is -3.44. The molecule has 10 nitrogen and oxygen atoms in total. The maximum absolute atomic E-state index is 12.9. The van der Waals surface area contributed by atoms with Gasteiger partial charge in [0.2, 0.25) is 10.0 Å². The fourth-order valence-electron chi connectivity index (χ4n) is 4.49. The molecule has 2 heterocycles. The number of carboxylic acid groups (broad SMARTS) is 2. The predicted molar refractivity (Wildman–Crippen MR) is 133 cm³/mol. The number of likely N-dealkylation sites (tertiary alicyclic amines) is 1. The van der Waals surface area contributed by atoms with E-state index in [1.807, 2.05) is 0 Å². The number of ether oxygens (including phenoxy) is 1. The molecule has 2 aromatic rings. The van der Waals surface area contributed by atoms with E-state index in [1.165, 1.54) is 5.56 Å². The number of piperidine rings is 1. The second kappa shape index (κ2) is 12.8. The maximum atomic E-state index is 12.9. The van der Waals surface area contributed by atoms with Gasteiger partial charge < -0.3 is 14.9 Å². The Labute approximate surface area is 211 Å². The second-order valence-corrected chi connectivity index (χ2v) is 10.7. The Morgan fingerprint density at radius 3 is 1.92 bits per heavy atom. The summed E-state index contributed by atoms with van der Waals surface area (Å²) in [7, 11) is -1.86. The Hall–Kier alpha value is -2.99. The smallest absolute Gasteiger partial charge is 0.414 e. The molecule has 11 heteroatoms. The first-order chi connectivity index (χ1) is 17.2. The number of methoxy groups -OCH3 is 1. The molecule has 0 unspecified atom stereocenters. The van der Waals surface area contributed by atoms with E-state index in [-0.39, 0.29) is 0 Å². The van der Waals surface area contributed by atoms with Crippen LogP contribution in [0.2, 0.25) is 0 Å². The number of piperazine rings is 1. The van der Waals surface area contributed by atoms with Crippen LogP contribution in [0.5, 0.6) is 5.75 Å². The summed E-state index contributed by atoms with van der Waals surface area (Å²) in [6.45, 7) is 5.93. The number of rotatable bonds is 6. The molecule has 2 N–H and O–H groups in total. The van der Waals surface area contributed by atoms with Gasteiger partial charge in [-0.1, -0.05) is 30.3 Å². The highest BCUT2D eigenvalue weighted by atomic mass is 32.2. The van der Waals surface area contributed by atoms with Crippen molar-refractivity contribution in [3.8, 4) is 5.75 Å². The van der Waals surface area contributed by atoms with Crippen LogP contribution in [0, 0.1) is 0 Å². The lowest BCUT2D eigenvalue weighted by Gasteiger charge is -2.42. The van der Waals surface area contributed by atoms with Crippen LogP contribution in [0.3, 0.4) is 0 Å². The summed E-state index contributed by atoms with van der Waals surface area (Å²) in [4.78, 5) is 23.5. The average molecular weight is 520 g/mol. The highest BCUT2D eigenvalue weighted by Gasteiger charge is 2.32. The lowest BCUT2D eigenvalue weighted by atomic mass is 10.0. The Morgan fingerprint density at radius 1 is 0.861 bits per heavy atom. The highest BCUT2D eigenvalue weighted by Crippen LogP contribution is 2.24. The van der Waals surface area contributed by atoms with Gasteiger partial charge in [0.05, 0.1) is 12.0 Å². The van der Waals surface area contributed by atoms with Crippen molar-refractivity contribution in [3.05, 3.63) is 60.2 Å². The first-order valence-corrected chi connectivity index (χ1v) is 13.3. The van der Waals surface area contributed by atoms with Crippen molar-refractivity contribution < 1.29 is 33.0 Å². The summed E-state index contributed by atoms with van der Waals surface area (Å²) in [5, 5.41) is 14.8. The van der Waals surface area contributed by atoms with Crippen LogP contribution in [-0.2, 0) is 26.2 Å². The number of benzene rings is 2. The van der Waals surface area contributed by atoms with Gasteiger partial charge in [-0.3, -0.25) is 9.80 Å². The molecule has 2 saturated heterocycles. The fourth-order valence-corrected chi connectivity index (χ4v) is 5.91. The fraction of sp³-hybridized carbons (Fsp3) is 0.440. The number of carboxylic acids is 2. The summed E-state index contributed by atoms with van der Waals surface area (Å²) in [6, 6.07) is 17.9. The molecule has 0 atom stereocenters. The Balaban J connectivity index is 0.000000538. The zero-order valence-electron chi connectivity index (χ0n) is 20.3. The molecule has 2 aliphatic rings. The van der Waals surface area contributed by atoms with E-state index < -0.39 is 22.0 Å². The van der Waals surface area contributed by atoms with Gasteiger partial charge in [-0.15, -0.1) is 0 Å². The van der Waals surface area contributed by atoms with E-state index in [2.05, 4.69) is 40.1 Å². The molecule has 0 bridgehead atoms. The van der Waals surface area contributed by atoms with Crippen molar-refractivity contribution in [2.75, 3.05) is 46.4 Å². The van der Waals surface area contributed by atoms with Crippen molar-refractivity contribution in [3.63, 3.8) is 0 Å². The van der Waals surface area contributed by atoms with Gasteiger partial charge in [0.25, 0.3) is 0 Å². The van der Waals surface area contributed by atoms with Crippen molar-refractivity contribution in [1.82, 2.24) is 14.1 Å². The van der Waals surface area contributed by atoms with Crippen LogP contribution in [-0.4, -0.2) is 97.1 Å². The van der Waals surface area contributed by atoms with Crippen molar-refractivity contribution in [2.24, 2.45) is 0 Å². The number of nitrogens with zero attached hydrogens (tertiary/aromatic N) is 3. The van der Waals surface area contributed by atoms with Gasteiger partial charge in [-0.25, -0.2) is 18.0 Å². The number of sulfonamides is 1. The highest BCUT2D eigenvalue weighted by molar-refractivity contribution is 7.89. The van der Waals surface area contributed by atoms with Crippen molar-refractivity contribution >= 4 is 22.0 Å². The molecule has 4 rings (SSSR count). The monoisotopic (exact) mass is 519 g/mol. The van der Waals surface area contributed by atoms with Gasteiger partial charge in [-0.2, -0.15) is 4.31 Å². The van der Waals surface area contributed by atoms with Gasteiger partial charge in [-0.05, 0) is 55.8 Å². The van der Waals surface area contributed by atoms with E-state index >= 15 is 0 Å². The maximum Gasteiger partial charge on any atom is 0.414 e. The van der Waals surface area contributed by atoms with E-state index in [0.29, 0.717) is 29.8 Å².